The Morgan fingerprint density at radius 3 is 1.77 bits per heavy atom. The lowest BCUT2D eigenvalue weighted by atomic mass is 10.0. The predicted octanol–water partition coefficient (Wildman–Crippen LogP) is 5.53. The van der Waals surface area contributed by atoms with E-state index in [0.717, 1.165) is 84.2 Å². The van der Waals surface area contributed by atoms with Gasteiger partial charge < -0.3 is 30.2 Å². The maximum Gasteiger partial charge on any atom is 0.407 e. The van der Waals surface area contributed by atoms with Crippen molar-refractivity contribution >= 4 is 18.0 Å². The number of carboxylic acid groups (broad SMARTS) is 1. The molecule has 2 aromatic heterocycles. The monoisotopic (exact) mass is 649 g/mol. The molecule has 3 aliphatic rings. The summed E-state index contributed by atoms with van der Waals surface area (Å²) in [5.41, 5.74) is 6.00. The van der Waals surface area contributed by atoms with Crippen LogP contribution >= 0.6 is 0 Å². The quantitative estimate of drug-likeness (QED) is 0.196. The molecule has 7 rings (SSSR count). The smallest absolute Gasteiger partial charge is 0.407 e. The first kappa shape index (κ1) is 31.5. The highest BCUT2D eigenvalue weighted by Gasteiger charge is 2.37. The highest BCUT2D eigenvalue weighted by molar-refractivity contribution is 5.90. The van der Waals surface area contributed by atoms with Gasteiger partial charge in [0.15, 0.2) is 5.96 Å². The first-order chi connectivity index (χ1) is 23.3. The minimum atomic E-state index is -0.904. The average Bonchev–Trinajstić information content (AvgIpc) is 3.93. The van der Waals surface area contributed by atoms with Gasteiger partial charge in [-0.05, 0) is 53.9 Å². The minimum Gasteiger partial charge on any atom is -0.465 e. The molecule has 0 spiro atoms. The van der Waals surface area contributed by atoms with Crippen molar-refractivity contribution in [3.8, 4) is 33.6 Å². The van der Waals surface area contributed by atoms with Crippen LogP contribution in [0.1, 0.15) is 63.3 Å². The van der Waals surface area contributed by atoms with E-state index in [2.05, 4.69) is 92.5 Å². The fraction of sp³-hybridized carbons (Fsp3) is 0.417. The third-order valence-corrected chi connectivity index (χ3v) is 9.86. The van der Waals surface area contributed by atoms with Crippen LogP contribution in [0, 0.1) is 5.92 Å². The Labute approximate surface area is 280 Å². The lowest BCUT2D eigenvalue weighted by Gasteiger charge is -2.31. The van der Waals surface area contributed by atoms with Gasteiger partial charge in [-0.15, -0.1) is 0 Å². The number of carbonyl (C=O) groups excluding carboxylic acids is 1. The number of H-pyrrole nitrogens is 2. The number of aliphatic imine (C=N–C) groups is 1. The lowest BCUT2D eigenvalue weighted by Crippen LogP contribution is -2.53. The Kier molecular flexibility index (Phi) is 8.63. The first-order valence-corrected chi connectivity index (χ1v) is 16.9. The Bertz CT molecular complexity index is 1790. The van der Waals surface area contributed by atoms with Crippen LogP contribution in [0.25, 0.3) is 33.6 Å². The summed E-state index contributed by atoms with van der Waals surface area (Å²) in [6, 6.07) is 16.0. The molecule has 2 amide bonds. The van der Waals surface area contributed by atoms with Crippen molar-refractivity contribution < 1.29 is 14.7 Å². The molecule has 2 aromatic carbocycles. The van der Waals surface area contributed by atoms with E-state index in [9.17, 15) is 14.7 Å². The Hall–Kier alpha value is -5.13. The summed E-state index contributed by atoms with van der Waals surface area (Å²) < 4.78 is 0. The third-order valence-electron chi connectivity index (χ3n) is 9.86. The SMILES string of the molecule is CC(C)[C@@H](NC1=NCCN1C)C(=O)N1CCC[C@H]1c1ncc(-c2ccc(-c3ccc(-c4cnc(C5CCCN5C(=O)O)[nH]4)cc3)cc2)[nH]1. The van der Waals surface area contributed by atoms with Crippen LogP contribution in [-0.2, 0) is 4.79 Å². The molecule has 3 atom stereocenters. The van der Waals surface area contributed by atoms with Gasteiger partial charge in [-0.1, -0.05) is 62.4 Å². The maximum atomic E-state index is 13.8. The normalized spacial score (nSPS) is 20.1. The predicted molar refractivity (Wildman–Crippen MR) is 184 cm³/mol. The molecule has 4 N–H and O–H groups in total. The van der Waals surface area contributed by atoms with Crippen LogP contribution in [0.4, 0.5) is 4.79 Å². The molecule has 5 heterocycles. The van der Waals surface area contributed by atoms with Gasteiger partial charge >= 0.3 is 6.09 Å². The summed E-state index contributed by atoms with van der Waals surface area (Å²) >= 11 is 0. The van der Waals surface area contributed by atoms with Gasteiger partial charge in [-0.3, -0.25) is 14.7 Å². The largest absolute Gasteiger partial charge is 0.465 e. The number of likely N-dealkylation sites (tertiary alicyclic amines) is 2. The average molecular weight is 650 g/mol. The van der Waals surface area contributed by atoms with Crippen LogP contribution in [0.5, 0.6) is 0 Å². The molecule has 12 heteroatoms. The second-order valence-electron chi connectivity index (χ2n) is 13.3. The zero-order chi connectivity index (χ0) is 33.4. The van der Waals surface area contributed by atoms with E-state index in [4.69, 9.17) is 4.98 Å². The maximum absolute atomic E-state index is 13.8. The molecule has 250 valence electrons. The van der Waals surface area contributed by atoms with Gasteiger partial charge in [-0.25, -0.2) is 14.8 Å². The van der Waals surface area contributed by atoms with Crippen LogP contribution in [0.3, 0.4) is 0 Å². The molecule has 0 radical (unpaired) electrons. The molecule has 0 saturated carbocycles. The number of nitrogens with one attached hydrogen (secondary N) is 3. The van der Waals surface area contributed by atoms with Crippen molar-refractivity contribution in [1.29, 1.82) is 0 Å². The number of guanidine groups is 1. The second kappa shape index (κ2) is 13.2. The molecule has 2 saturated heterocycles. The van der Waals surface area contributed by atoms with Crippen LogP contribution in [0.15, 0.2) is 65.9 Å². The third kappa shape index (κ3) is 6.14. The van der Waals surface area contributed by atoms with Gasteiger partial charge in [0.05, 0.1) is 42.4 Å². The zero-order valence-corrected chi connectivity index (χ0v) is 27.7. The Morgan fingerprint density at radius 1 is 0.792 bits per heavy atom. The summed E-state index contributed by atoms with van der Waals surface area (Å²) in [7, 11) is 2.00. The number of aromatic nitrogens is 4. The summed E-state index contributed by atoms with van der Waals surface area (Å²) in [5, 5.41) is 12.9. The number of amides is 2. The van der Waals surface area contributed by atoms with E-state index in [0.29, 0.717) is 18.9 Å². The van der Waals surface area contributed by atoms with Crippen molar-refractivity contribution in [2.24, 2.45) is 10.9 Å². The number of carbonyl (C=O) groups is 2. The Balaban J connectivity index is 1.01. The zero-order valence-electron chi connectivity index (χ0n) is 27.7. The van der Waals surface area contributed by atoms with Gasteiger partial charge in [0.1, 0.15) is 17.7 Å². The molecule has 3 aliphatic heterocycles. The highest BCUT2D eigenvalue weighted by atomic mass is 16.4. The van der Waals surface area contributed by atoms with Crippen LogP contribution in [0.2, 0.25) is 0 Å². The van der Waals surface area contributed by atoms with Gasteiger partial charge in [0.25, 0.3) is 0 Å². The molecule has 0 aliphatic carbocycles. The number of rotatable bonds is 8. The molecular weight excluding hydrogens is 606 g/mol. The molecule has 1 unspecified atom stereocenters. The Morgan fingerprint density at radius 2 is 1.29 bits per heavy atom. The molecular formula is C36H43N9O3. The van der Waals surface area contributed by atoms with E-state index in [1.165, 1.54) is 4.90 Å². The number of hydrogen-bond acceptors (Lipinski definition) is 7. The fourth-order valence-electron chi connectivity index (χ4n) is 7.10. The summed E-state index contributed by atoms with van der Waals surface area (Å²) in [6.45, 7) is 7.01. The first-order valence-electron chi connectivity index (χ1n) is 16.9. The van der Waals surface area contributed by atoms with E-state index in [1.807, 2.05) is 18.1 Å². The standard InChI is InChI=1S/C36H43N9O3/c1-22(2)31(42-35-37-16-19-43(35)3)34(46)44-17-4-6-29(44)32-38-20-27(40-32)25-12-8-23(9-13-25)24-10-14-26(15-11-24)28-21-39-33(41-28)30-7-5-18-45(30)36(47)48/h8-15,20-22,29-31H,4-7,16-19H2,1-3H3,(H,37,42)(H,38,40)(H,39,41)(H,47,48)/t29-,30?,31+/m0/s1. The molecule has 0 bridgehead atoms. The minimum absolute atomic E-state index is 0.0874. The number of nitrogens with zero attached hydrogens (tertiary/aromatic N) is 6. The molecule has 12 nitrogen and oxygen atoms in total. The van der Waals surface area contributed by atoms with Crippen molar-refractivity contribution in [3.63, 3.8) is 0 Å². The van der Waals surface area contributed by atoms with Crippen molar-refractivity contribution in [2.45, 2.75) is 57.7 Å². The summed E-state index contributed by atoms with van der Waals surface area (Å²) in [5.74, 6) is 2.51. The summed E-state index contributed by atoms with van der Waals surface area (Å²) in [6.07, 6.45) is 6.17. The van der Waals surface area contributed by atoms with Crippen molar-refractivity contribution in [1.82, 2.24) is 40.0 Å². The van der Waals surface area contributed by atoms with E-state index in [-0.39, 0.29) is 30.0 Å². The highest BCUT2D eigenvalue weighted by Crippen LogP contribution is 2.34. The van der Waals surface area contributed by atoms with Crippen molar-refractivity contribution in [2.75, 3.05) is 33.2 Å². The number of imidazole rings is 2. The van der Waals surface area contributed by atoms with Gasteiger partial charge in [0, 0.05) is 26.7 Å². The molecule has 4 aromatic rings. The van der Waals surface area contributed by atoms with E-state index in [1.54, 1.807) is 6.20 Å². The van der Waals surface area contributed by atoms with Gasteiger partial charge in [0.2, 0.25) is 5.91 Å². The van der Waals surface area contributed by atoms with E-state index >= 15 is 0 Å². The topological polar surface area (TPSA) is 146 Å². The lowest BCUT2D eigenvalue weighted by molar-refractivity contribution is -0.135. The van der Waals surface area contributed by atoms with Crippen LogP contribution < -0.4 is 5.32 Å². The second-order valence-corrected chi connectivity index (χ2v) is 13.3. The number of hydrogen-bond donors (Lipinski definition) is 4. The molecule has 48 heavy (non-hydrogen) atoms. The summed E-state index contributed by atoms with van der Waals surface area (Å²) in [4.78, 5) is 51.6. The van der Waals surface area contributed by atoms with Crippen molar-refractivity contribution in [3.05, 3.63) is 72.6 Å². The number of benzene rings is 2. The number of likely N-dealkylation sites (N-methyl/N-ethyl adjacent to an activating group) is 1. The van der Waals surface area contributed by atoms with Gasteiger partial charge in [-0.2, -0.15) is 0 Å². The van der Waals surface area contributed by atoms with E-state index < -0.39 is 6.09 Å². The van der Waals surface area contributed by atoms with Crippen LogP contribution in [-0.4, -0.2) is 97.0 Å². The molecule has 2 fully saturated rings. The number of aromatic amines is 2. The fourth-order valence-corrected chi connectivity index (χ4v) is 7.10.